The van der Waals surface area contributed by atoms with E-state index < -0.39 is 47.5 Å². The zero-order valence-electron chi connectivity index (χ0n) is 23.2. The van der Waals surface area contributed by atoms with Crippen LogP contribution in [0.5, 0.6) is 0 Å². The number of oxime groups is 1. The number of nitrogens with one attached hydrogen (secondary N) is 2. The van der Waals surface area contributed by atoms with Crippen LogP contribution in [0.4, 0.5) is 5.13 Å². The Morgan fingerprint density at radius 3 is 2.80 bits per heavy atom. The number of pyridine rings is 1. The molecule has 1 fully saturated rings. The maximum absolute atomic E-state index is 13.3. The van der Waals surface area contributed by atoms with Crippen LogP contribution in [-0.4, -0.2) is 91.5 Å². The summed E-state index contributed by atoms with van der Waals surface area (Å²) in [4.78, 5) is 59.7. The van der Waals surface area contributed by atoms with Gasteiger partial charge in [0.25, 0.3) is 11.8 Å². The molecule has 5 heterocycles. The highest BCUT2D eigenvalue weighted by molar-refractivity contribution is 8.00. The number of hydrogen-bond acceptors (Lipinski definition) is 11. The van der Waals surface area contributed by atoms with E-state index in [4.69, 9.17) is 27.3 Å². The molecule has 0 saturated carbocycles. The second kappa shape index (κ2) is 13.2. The summed E-state index contributed by atoms with van der Waals surface area (Å²) in [6, 6.07) is 4.80. The fraction of sp³-hybridized carbons (Fsp3) is 0.346. The van der Waals surface area contributed by atoms with Gasteiger partial charge in [0, 0.05) is 36.2 Å². The van der Waals surface area contributed by atoms with Gasteiger partial charge in [0.05, 0.1) is 0 Å². The number of hydrogen-bond donors (Lipinski definition) is 5. The number of carbonyl (C=O) groups excluding carboxylic acids is 2. The van der Waals surface area contributed by atoms with E-state index in [-0.39, 0.29) is 27.4 Å². The van der Waals surface area contributed by atoms with Crippen LogP contribution >= 0.6 is 34.7 Å². The molecule has 1 saturated heterocycles. The Labute approximate surface area is 263 Å². The highest BCUT2D eigenvalue weighted by Crippen LogP contribution is 2.40. The van der Waals surface area contributed by atoms with Gasteiger partial charge in [0.1, 0.15) is 32.7 Å². The average Bonchev–Trinajstić information content (AvgIpc) is 3.55. The van der Waals surface area contributed by atoms with Crippen LogP contribution in [0.25, 0.3) is 11.0 Å². The number of aliphatic carboxylic acids is 2. The smallest absolute Gasteiger partial charge is 0.352 e. The first kappa shape index (κ1) is 31.2. The van der Waals surface area contributed by atoms with E-state index in [1.54, 1.807) is 0 Å². The number of thiazole rings is 1. The fourth-order valence-corrected chi connectivity index (χ4v) is 7.27. The maximum atomic E-state index is 13.3. The molecule has 18 heteroatoms. The minimum absolute atomic E-state index is 0.00509. The maximum Gasteiger partial charge on any atom is 0.352 e. The van der Waals surface area contributed by atoms with Crippen LogP contribution in [0, 0.1) is 0 Å². The molecule has 44 heavy (non-hydrogen) atoms. The van der Waals surface area contributed by atoms with Crippen molar-refractivity contribution in [2.45, 2.75) is 30.9 Å². The standard InChI is InChI=1S/C26H27ClN8O7S2/c1-29-6-3-8-33-9-5-15-14(33)4-2-7-34(15)10-13-12-43-24-19(23(39)35(24)20(13)25(40)41)30-22(38)18(32-42-11-16(36)37)17-21(27)44-26(28)31-17/h2,4-5,7,9,19,24,29H,3,6,8,10-12H2,1H3,(H4-,28,30,31,36,37,38,40,41)/p+1/b32-18-/t19-,24-/m1/s1. The third kappa shape index (κ3) is 6.21. The van der Waals surface area contributed by atoms with Crippen molar-refractivity contribution in [2.75, 3.05) is 31.7 Å². The third-order valence-corrected chi connectivity index (χ3v) is 9.35. The van der Waals surface area contributed by atoms with Gasteiger partial charge < -0.3 is 36.0 Å². The lowest BCUT2D eigenvalue weighted by atomic mass is 10.0. The van der Waals surface area contributed by atoms with E-state index in [1.807, 2.05) is 42.2 Å². The summed E-state index contributed by atoms with van der Waals surface area (Å²) in [5.74, 6) is -3.84. The van der Waals surface area contributed by atoms with Gasteiger partial charge in [-0.05, 0) is 26.1 Å². The molecule has 0 radical (unpaired) electrons. The number of carboxylic acids is 2. The van der Waals surface area contributed by atoms with Crippen molar-refractivity contribution in [3.8, 4) is 0 Å². The van der Waals surface area contributed by atoms with Gasteiger partial charge in [-0.1, -0.05) is 28.1 Å². The van der Waals surface area contributed by atoms with Gasteiger partial charge in [-0.3, -0.25) is 14.5 Å². The largest absolute Gasteiger partial charge is 0.479 e. The number of carboxylic acid groups (broad SMARTS) is 2. The number of anilines is 1. The van der Waals surface area contributed by atoms with E-state index >= 15 is 0 Å². The molecule has 0 aromatic carbocycles. The van der Waals surface area contributed by atoms with Crippen LogP contribution < -0.4 is 20.9 Å². The van der Waals surface area contributed by atoms with Gasteiger partial charge >= 0.3 is 11.9 Å². The van der Waals surface area contributed by atoms with Crippen molar-refractivity contribution in [1.82, 2.24) is 25.1 Å². The number of rotatable bonds is 13. The van der Waals surface area contributed by atoms with Crippen molar-refractivity contribution < 1.29 is 38.8 Å². The first-order valence-corrected chi connectivity index (χ1v) is 15.5. The number of amides is 2. The Hall–Kier alpha value is -4.19. The van der Waals surface area contributed by atoms with Crippen LogP contribution in [0.2, 0.25) is 4.34 Å². The van der Waals surface area contributed by atoms with Crippen LogP contribution in [0.3, 0.4) is 0 Å². The number of aryl methyl sites for hydroxylation is 1. The minimum atomic E-state index is -1.33. The number of nitrogen functional groups attached to an aromatic ring is 1. The van der Waals surface area contributed by atoms with Gasteiger partial charge in [0.15, 0.2) is 23.6 Å². The summed E-state index contributed by atoms with van der Waals surface area (Å²) in [6.07, 6.45) is 4.82. The number of fused-ring (bicyclic) bond motifs is 2. The Bertz CT molecular complexity index is 1700. The number of nitrogens with zero attached hydrogens (tertiary/aromatic N) is 5. The minimum Gasteiger partial charge on any atom is -0.479 e. The Morgan fingerprint density at radius 1 is 1.32 bits per heavy atom. The molecule has 15 nitrogen and oxygen atoms in total. The lowest BCUT2D eigenvalue weighted by Crippen LogP contribution is -2.71. The molecular formula is C26H28ClN8O7S2+. The first-order valence-electron chi connectivity index (χ1n) is 13.3. The van der Waals surface area contributed by atoms with E-state index in [0.717, 1.165) is 41.9 Å². The van der Waals surface area contributed by atoms with Crippen molar-refractivity contribution in [1.29, 1.82) is 0 Å². The van der Waals surface area contributed by atoms with E-state index in [0.29, 0.717) is 11.3 Å². The predicted molar refractivity (Wildman–Crippen MR) is 162 cm³/mol. The summed E-state index contributed by atoms with van der Waals surface area (Å²) in [6.45, 7) is 1.11. The van der Waals surface area contributed by atoms with E-state index in [9.17, 15) is 24.3 Å². The monoisotopic (exact) mass is 663 g/mol. The van der Waals surface area contributed by atoms with Crippen molar-refractivity contribution in [2.24, 2.45) is 5.16 Å². The van der Waals surface area contributed by atoms with Gasteiger partial charge in [-0.15, -0.1) is 11.8 Å². The summed E-state index contributed by atoms with van der Waals surface area (Å²) in [5, 5.41) is 27.6. The molecule has 2 amide bonds. The number of halogens is 1. The Kier molecular flexibility index (Phi) is 9.38. The molecule has 2 aliphatic rings. The van der Waals surface area contributed by atoms with Gasteiger partial charge in [0.2, 0.25) is 12.1 Å². The second-order valence-electron chi connectivity index (χ2n) is 9.77. The quantitative estimate of drug-likeness (QED) is 0.0559. The lowest BCUT2D eigenvalue weighted by Gasteiger charge is -2.49. The molecule has 0 unspecified atom stereocenters. The van der Waals surface area contributed by atoms with Crippen molar-refractivity contribution >= 4 is 80.3 Å². The highest BCUT2D eigenvalue weighted by Gasteiger charge is 2.55. The number of carbonyl (C=O) groups is 4. The summed E-state index contributed by atoms with van der Waals surface area (Å²) >= 11 is 8.32. The van der Waals surface area contributed by atoms with Gasteiger partial charge in [-0.25, -0.2) is 14.6 Å². The third-order valence-electron chi connectivity index (χ3n) is 6.92. The molecule has 0 bridgehead atoms. The molecule has 2 atom stereocenters. The zero-order valence-corrected chi connectivity index (χ0v) is 25.6. The van der Waals surface area contributed by atoms with Crippen LogP contribution in [0.15, 0.2) is 47.0 Å². The fourth-order valence-electron chi connectivity index (χ4n) is 5.00. The Morgan fingerprint density at radius 2 is 2.11 bits per heavy atom. The van der Waals surface area contributed by atoms with Crippen LogP contribution in [-0.2, 0) is 37.1 Å². The Balaban J connectivity index is 1.36. The summed E-state index contributed by atoms with van der Waals surface area (Å²) in [5.41, 5.74) is 7.42. The first-order chi connectivity index (χ1) is 21.1. The van der Waals surface area contributed by atoms with E-state index in [2.05, 4.69) is 25.3 Å². The molecule has 3 aromatic heterocycles. The predicted octanol–water partition coefficient (Wildman–Crippen LogP) is 0.475. The molecular weight excluding hydrogens is 636 g/mol. The van der Waals surface area contributed by atoms with Crippen molar-refractivity contribution in [3.05, 3.63) is 51.9 Å². The zero-order chi connectivity index (χ0) is 31.5. The normalized spacial score (nSPS) is 18.3. The highest BCUT2D eigenvalue weighted by atomic mass is 35.5. The average molecular weight is 664 g/mol. The van der Waals surface area contributed by atoms with Crippen LogP contribution in [0.1, 0.15) is 12.1 Å². The molecule has 0 spiro atoms. The number of β-lactam (4-membered cyclic amide) rings is 1. The lowest BCUT2D eigenvalue weighted by molar-refractivity contribution is -0.663. The molecule has 2 aliphatic heterocycles. The SMILES string of the molecule is CNCCCn1ccc2c1ccc[n+]2CC1=C(C(=O)O)N2C(=O)[C@@H](NC(=O)/C(=N\OCC(=O)O)c3nc(N)sc3Cl)[C@H]2SC1. The topological polar surface area (TPSA) is 205 Å². The molecule has 5 rings (SSSR count). The number of aromatic nitrogens is 3. The second-order valence-corrected chi connectivity index (χ2v) is 12.5. The van der Waals surface area contributed by atoms with Gasteiger partial charge in [-0.2, -0.15) is 4.57 Å². The van der Waals surface area contributed by atoms with Crippen molar-refractivity contribution in [3.63, 3.8) is 0 Å². The molecule has 232 valence electrons. The number of thioether (sulfide) groups is 1. The summed E-state index contributed by atoms with van der Waals surface area (Å²) in [7, 11) is 1.90. The summed E-state index contributed by atoms with van der Waals surface area (Å²) < 4.78 is 4.10. The molecule has 0 aliphatic carbocycles. The molecule has 6 N–H and O–H groups in total. The molecule has 3 aromatic rings. The number of nitrogens with two attached hydrogens (primary N) is 1. The van der Waals surface area contributed by atoms with E-state index in [1.165, 1.54) is 16.7 Å².